The van der Waals surface area contributed by atoms with Gasteiger partial charge in [0.25, 0.3) is 11.1 Å². The van der Waals surface area contributed by atoms with E-state index in [1.165, 1.54) is 24.3 Å². The van der Waals surface area contributed by atoms with Gasteiger partial charge in [-0.2, -0.15) is 18.2 Å². The monoisotopic (exact) mass is 356 g/mol. The van der Waals surface area contributed by atoms with Gasteiger partial charge in [0.2, 0.25) is 0 Å². The number of benzene rings is 1. The lowest BCUT2D eigenvalue weighted by molar-refractivity contribution is -0.274. The summed E-state index contributed by atoms with van der Waals surface area (Å²) in [5, 5.41) is 0.825. The number of amides is 1. The fourth-order valence-electron chi connectivity index (χ4n) is 1.50. The van der Waals surface area contributed by atoms with Crippen LogP contribution in [0.15, 0.2) is 30.3 Å². The van der Waals surface area contributed by atoms with E-state index in [9.17, 15) is 31.1 Å². The van der Waals surface area contributed by atoms with E-state index in [-0.39, 0.29) is 17.0 Å². The first-order chi connectivity index (χ1) is 10.6. The number of carbonyl (C=O) groups excluding carboxylic acids is 1. The van der Waals surface area contributed by atoms with Crippen molar-refractivity contribution in [2.24, 2.45) is 0 Å². The molecule has 4 nitrogen and oxygen atoms in total. The van der Waals surface area contributed by atoms with Crippen LogP contribution in [0, 0.1) is 0 Å². The van der Waals surface area contributed by atoms with Crippen LogP contribution in [0.1, 0.15) is 15.4 Å². The highest BCUT2D eigenvalue weighted by molar-refractivity contribution is 7.15. The Labute approximate surface area is 128 Å². The zero-order valence-electron chi connectivity index (χ0n) is 10.8. The Morgan fingerprint density at radius 3 is 2.22 bits per heavy atom. The maximum absolute atomic E-state index is 12.8. The van der Waals surface area contributed by atoms with Crippen molar-refractivity contribution in [2.75, 3.05) is 5.32 Å². The number of anilines is 1. The smallest absolute Gasteiger partial charge is 0.378 e. The molecule has 1 N–H and O–H groups in total. The van der Waals surface area contributed by atoms with Crippen molar-refractivity contribution in [3.63, 3.8) is 0 Å². The number of alkyl halides is 6. The van der Waals surface area contributed by atoms with Crippen LogP contribution in [0.2, 0.25) is 0 Å². The Bertz CT molecular complexity index is 696. The Balaban J connectivity index is 2.34. The first kappa shape index (κ1) is 17.1. The molecular weight excluding hydrogens is 350 g/mol. The van der Waals surface area contributed by atoms with Crippen LogP contribution in [-0.4, -0.2) is 17.3 Å². The standard InChI is InChI=1S/C12H6F6N2O2S/c13-11(14,15)8-7(23-10(20-8)22-12(16,17)18)9(21)19-6-4-2-1-3-5-6/h1-5H,(H,19,21). The summed E-state index contributed by atoms with van der Waals surface area (Å²) in [4.78, 5) is 13.6. The van der Waals surface area contributed by atoms with Gasteiger partial charge >= 0.3 is 12.5 Å². The van der Waals surface area contributed by atoms with Crippen LogP contribution in [0.4, 0.5) is 32.0 Å². The van der Waals surface area contributed by atoms with E-state index >= 15 is 0 Å². The molecule has 0 atom stereocenters. The second kappa shape index (κ2) is 6.07. The van der Waals surface area contributed by atoms with Gasteiger partial charge in [0, 0.05) is 5.69 Å². The predicted octanol–water partition coefficient (Wildman–Crippen LogP) is 4.31. The summed E-state index contributed by atoms with van der Waals surface area (Å²) in [5.74, 6) is -1.24. The first-order valence-corrected chi connectivity index (χ1v) is 6.58. The number of nitrogens with one attached hydrogen (secondary N) is 1. The van der Waals surface area contributed by atoms with E-state index in [1.54, 1.807) is 6.07 Å². The molecule has 1 aromatic heterocycles. The van der Waals surface area contributed by atoms with Crippen LogP contribution in [0.3, 0.4) is 0 Å². The third-order valence-corrected chi connectivity index (χ3v) is 3.25. The van der Waals surface area contributed by atoms with Crippen molar-refractivity contribution in [3.8, 4) is 5.19 Å². The molecular formula is C12H6F6N2O2S. The van der Waals surface area contributed by atoms with Crippen molar-refractivity contribution < 1.29 is 35.9 Å². The van der Waals surface area contributed by atoms with E-state index < -0.39 is 34.2 Å². The molecule has 0 spiro atoms. The Hall–Kier alpha value is -2.30. The number of thiazole rings is 1. The third-order valence-electron chi connectivity index (χ3n) is 2.32. The minimum atomic E-state index is -5.21. The molecule has 0 aliphatic heterocycles. The van der Waals surface area contributed by atoms with E-state index in [0.717, 1.165) is 0 Å². The Morgan fingerprint density at radius 2 is 1.70 bits per heavy atom. The number of nitrogens with zero attached hydrogens (tertiary/aromatic N) is 1. The number of carbonyl (C=O) groups is 1. The minimum absolute atomic E-state index is 0.145. The molecule has 0 unspecified atom stereocenters. The third kappa shape index (κ3) is 4.58. The molecule has 2 rings (SSSR count). The maximum Gasteiger partial charge on any atom is 0.574 e. The summed E-state index contributed by atoms with van der Waals surface area (Å²) in [7, 11) is 0. The summed E-state index contributed by atoms with van der Waals surface area (Å²) in [6.45, 7) is 0. The van der Waals surface area contributed by atoms with Gasteiger partial charge in [-0.1, -0.05) is 29.5 Å². The highest BCUT2D eigenvalue weighted by Gasteiger charge is 2.42. The lowest BCUT2D eigenvalue weighted by Gasteiger charge is -2.06. The molecule has 1 aromatic carbocycles. The van der Waals surface area contributed by atoms with E-state index in [4.69, 9.17) is 0 Å². The van der Waals surface area contributed by atoms with Crippen LogP contribution < -0.4 is 10.1 Å². The first-order valence-electron chi connectivity index (χ1n) is 5.76. The SMILES string of the molecule is O=C(Nc1ccccc1)c1sc(OC(F)(F)F)nc1C(F)(F)F. The van der Waals surface area contributed by atoms with Gasteiger partial charge in [0.15, 0.2) is 5.69 Å². The fourth-order valence-corrected chi connectivity index (χ4v) is 2.35. The number of rotatable bonds is 3. The zero-order valence-corrected chi connectivity index (χ0v) is 11.6. The van der Waals surface area contributed by atoms with Gasteiger partial charge in [0.05, 0.1) is 0 Å². The fraction of sp³-hybridized carbons (Fsp3) is 0.167. The molecule has 0 aliphatic rings. The van der Waals surface area contributed by atoms with E-state index in [1.807, 2.05) is 0 Å². The molecule has 1 amide bonds. The second-order valence-electron chi connectivity index (χ2n) is 4.02. The average Bonchev–Trinajstić information content (AvgIpc) is 2.81. The minimum Gasteiger partial charge on any atom is -0.378 e. The normalized spacial score (nSPS) is 12.1. The van der Waals surface area contributed by atoms with Crippen LogP contribution >= 0.6 is 11.3 Å². The molecule has 0 radical (unpaired) electrons. The number of halogens is 6. The quantitative estimate of drug-likeness (QED) is 0.834. The number of aromatic nitrogens is 1. The summed E-state index contributed by atoms with van der Waals surface area (Å²) >= 11 is -0.145. The van der Waals surface area contributed by atoms with E-state index in [2.05, 4.69) is 15.0 Å². The maximum atomic E-state index is 12.8. The van der Waals surface area contributed by atoms with Gasteiger partial charge < -0.3 is 10.1 Å². The molecule has 11 heteroatoms. The molecule has 124 valence electrons. The summed E-state index contributed by atoms with van der Waals surface area (Å²) in [5.41, 5.74) is -1.56. The molecule has 0 saturated heterocycles. The number of hydrogen-bond donors (Lipinski definition) is 1. The van der Waals surface area contributed by atoms with Gasteiger partial charge in [-0.05, 0) is 12.1 Å². The van der Waals surface area contributed by atoms with Crippen molar-refractivity contribution in [3.05, 3.63) is 40.9 Å². The number of hydrogen-bond acceptors (Lipinski definition) is 4. The van der Waals surface area contributed by atoms with Gasteiger partial charge in [-0.25, -0.2) is 0 Å². The summed E-state index contributed by atoms with van der Waals surface area (Å²) in [6.07, 6.45) is -10.3. The van der Waals surface area contributed by atoms with Gasteiger partial charge in [-0.15, -0.1) is 13.2 Å². The second-order valence-corrected chi connectivity index (χ2v) is 4.98. The van der Waals surface area contributed by atoms with Crippen molar-refractivity contribution in [1.29, 1.82) is 0 Å². The molecule has 1 heterocycles. The van der Waals surface area contributed by atoms with Crippen LogP contribution in [0.25, 0.3) is 0 Å². The zero-order chi connectivity index (χ0) is 17.3. The molecule has 0 fully saturated rings. The predicted molar refractivity (Wildman–Crippen MR) is 68.2 cm³/mol. The average molecular weight is 356 g/mol. The lowest BCUT2D eigenvalue weighted by atomic mass is 10.3. The molecule has 0 bridgehead atoms. The highest BCUT2D eigenvalue weighted by atomic mass is 32.1. The number of ether oxygens (including phenoxy) is 1. The van der Waals surface area contributed by atoms with Gasteiger partial charge in [0.1, 0.15) is 4.88 Å². The number of para-hydroxylation sites is 1. The Kier molecular flexibility index (Phi) is 4.50. The lowest BCUT2D eigenvalue weighted by Crippen LogP contribution is -2.18. The van der Waals surface area contributed by atoms with Crippen molar-refractivity contribution in [2.45, 2.75) is 12.5 Å². The summed E-state index contributed by atoms with van der Waals surface area (Å²) in [6, 6.07) is 7.45. The van der Waals surface area contributed by atoms with Crippen molar-refractivity contribution >= 4 is 22.9 Å². The topological polar surface area (TPSA) is 51.2 Å². The largest absolute Gasteiger partial charge is 0.574 e. The van der Waals surface area contributed by atoms with Crippen LogP contribution in [0.5, 0.6) is 5.19 Å². The molecule has 0 aliphatic carbocycles. The van der Waals surface area contributed by atoms with Crippen LogP contribution in [-0.2, 0) is 6.18 Å². The molecule has 0 saturated carbocycles. The molecule has 2 aromatic rings. The highest BCUT2D eigenvalue weighted by Crippen LogP contribution is 2.38. The Morgan fingerprint density at radius 1 is 1.09 bits per heavy atom. The van der Waals surface area contributed by atoms with Gasteiger partial charge in [-0.3, -0.25) is 4.79 Å². The van der Waals surface area contributed by atoms with Crippen molar-refractivity contribution in [1.82, 2.24) is 4.98 Å². The van der Waals surface area contributed by atoms with E-state index in [0.29, 0.717) is 0 Å². The summed E-state index contributed by atoms with van der Waals surface area (Å²) < 4.78 is 78.1. The molecule has 23 heavy (non-hydrogen) atoms.